The van der Waals surface area contributed by atoms with E-state index in [1.54, 1.807) is 0 Å². The number of rotatable bonds is 3. The first-order valence-electron chi connectivity index (χ1n) is 7.91. The molecule has 0 aromatic heterocycles. The van der Waals surface area contributed by atoms with Gasteiger partial charge in [-0.15, -0.1) is 0 Å². The number of carbonyl (C=O) groups is 2. The first kappa shape index (κ1) is 17.2. The smallest absolute Gasteiger partial charge is 0.272 e. The number of benzene rings is 2. The summed E-state index contributed by atoms with van der Waals surface area (Å²) >= 11 is 5.65. The van der Waals surface area contributed by atoms with Crippen molar-refractivity contribution >= 4 is 29.1 Å². The number of hydrogen-bond donors (Lipinski definition) is 2. The van der Waals surface area contributed by atoms with Crippen molar-refractivity contribution in [2.24, 2.45) is 0 Å². The zero-order valence-electron chi connectivity index (χ0n) is 13.4. The lowest BCUT2D eigenvalue weighted by molar-refractivity contribution is -0.120. The molecule has 2 aromatic carbocycles. The van der Waals surface area contributed by atoms with E-state index in [0.717, 1.165) is 31.1 Å². The third-order valence-electron chi connectivity index (χ3n) is 4.03. The summed E-state index contributed by atoms with van der Waals surface area (Å²) in [6, 6.07) is 11.6. The number of fused-ring (bicyclic) bond motifs is 1. The first-order chi connectivity index (χ1) is 12.0. The number of amides is 2. The van der Waals surface area contributed by atoms with Gasteiger partial charge in [0.1, 0.15) is 5.82 Å². The van der Waals surface area contributed by atoms with Crippen LogP contribution in [0.3, 0.4) is 0 Å². The van der Waals surface area contributed by atoms with E-state index >= 15 is 0 Å². The second kappa shape index (κ2) is 7.53. The summed E-state index contributed by atoms with van der Waals surface area (Å²) in [5, 5.41) is 0.196. The first-order valence-corrected chi connectivity index (χ1v) is 8.29. The van der Waals surface area contributed by atoms with E-state index in [4.69, 9.17) is 11.6 Å². The monoisotopic (exact) mass is 361 g/mol. The number of halogens is 2. The number of nitrogens with one attached hydrogen (secondary N) is 2. The van der Waals surface area contributed by atoms with Crippen molar-refractivity contribution < 1.29 is 14.0 Å². The van der Waals surface area contributed by atoms with Crippen molar-refractivity contribution in [3.05, 3.63) is 64.4 Å². The minimum Gasteiger partial charge on any atom is -0.362 e. The molecular weight excluding hydrogens is 345 g/mol. The summed E-state index contributed by atoms with van der Waals surface area (Å²) in [6.07, 6.45) is 1.95. The van der Waals surface area contributed by atoms with E-state index in [0.29, 0.717) is 0 Å². The fourth-order valence-corrected chi connectivity index (χ4v) is 3.01. The normalized spacial score (nSPS) is 13.1. The van der Waals surface area contributed by atoms with Crippen LogP contribution in [-0.2, 0) is 11.2 Å². The summed E-state index contributed by atoms with van der Waals surface area (Å²) in [5.74, 6) is -1.86. The van der Waals surface area contributed by atoms with Crippen LogP contribution in [0.25, 0.3) is 0 Å². The SMILES string of the molecule is O=C(CN1CCCc2ccccc21)NNC(=O)c1ccc(Cl)cc1F. The van der Waals surface area contributed by atoms with Gasteiger partial charge in [-0.3, -0.25) is 20.4 Å². The van der Waals surface area contributed by atoms with E-state index in [1.165, 1.54) is 17.7 Å². The number of anilines is 1. The van der Waals surface area contributed by atoms with Crippen LogP contribution in [0.5, 0.6) is 0 Å². The van der Waals surface area contributed by atoms with Gasteiger partial charge in [0.2, 0.25) is 0 Å². The Morgan fingerprint density at radius 2 is 1.96 bits per heavy atom. The lowest BCUT2D eigenvalue weighted by Crippen LogP contribution is -2.47. The number of hydrogen-bond acceptors (Lipinski definition) is 3. The highest BCUT2D eigenvalue weighted by Crippen LogP contribution is 2.26. The Bertz CT molecular complexity index is 813. The predicted molar refractivity (Wildman–Crippen MR) is 94.0 cm³/mol. The molecule has 1 heterocycles. The molecule has 2 aromatic rings. The van der Waals surface area contributed by atoms with Crippen LogP contribution in [0, 0.1) is 5.82 Å². The van der Waals surface area contributed by atoms with E-state index in [-0.39, 0.29) is 23.0 Å². The van der Waals surface area contributed by atoms with Gasteiger partial charge < -0.3 is 4.90 Å². The molecule has 0 unspecified atom stereocenters. The van der Waals surface area contributed by atoms with Gasteiger partial charge in [0.15, 0.2) is 0 Å². The van der Waals surface area contributed by atoms with Gasteiger partial charge in [-0.1, -0.05) is 29.8 Å². The molecule has 0 fully saturated rings. The summed E-state index contributed by atoms with van der Waals surface area (Å²) < 4.78 is 13.7. The Kier molecular flexibility index (Phi) is 5.19. The van der Waals surface area contributed by atoms with Crippen LogP contribution >= 0.6 is 11.6 Å². The van der Waals surface area contributed by atoms with Gasteiger partial charge in [-0.2, -0.15) is 0 Å². The van der Waals surface area contributed by atoms with Crippen molar-refractivity contribution in [1.29, 1.82) is 0 Å². The minimum absolute atomic E-state index is 0.112. The fraction of sp³-hybridized carbons (Fsp3) is 0.222. The largest absolute Gasteiger partial charge is 0.362 e. The predicted octanol–water partition coefficient (Wildman–Crippen LogP) is 2.69. The van der Waals surface area contributed by atoms with Crippen LogP contribution in [0.1, 0.15) is 22.3 Å². The third kappa shape index (κ3) is 4.09. The van der Waals surface area contributed by atoms with Gasteiger partial charge in [-0.05, 0) is 42.7 Å². The Morgan fingerprint density at radius 3 is 2.76 bits per heavy atom. The highest BCUT2D eigenvalue weighted by molar-refractivity contribution is 6.30. The molecule has 0 radical (unpaired) electrons. The van der Waals surface area contributed by atoms with Crippen LogP contribution < -0.4 is 15.8 Å². The Morgan fingerprint density at radius 1 is 1.16 bits per heavy atom. The lowest BCUT2D eigenvalue weighted by atomic mass is 10.0. The lowest BCUT2D eigenvalue weighted by Gasteiger charge is -2.30. The number of hydrazine groups is 1. The standard InChI is InChI=1S/C18H17ClFN3O2/c19-13-7-8-14(15(20)10-13)18(25)22-21-17(24)11-23-9-3-5-12-4-1-2-6-16(12)23/h1-2,4,6-8,10H,3,5,9,11H2,(H,21,24)(H,22,25). The molecule has 130 valence electrons. The maximum absolute atomic E-state index is 13.7. The molecule has 0 bridgehead atoms. The quantitative estimate of drug-likeness (QED) is 0.826. The molecule has 1 aliphatic heterocycles. The molecule has 2 amide bonds. The molecule has 0 atom stereocenters. The molecule has 3 rings (SSSR count). The summed E-state index contributed by atoms with van der Waals surface area (Å²) in [6.45, 7) is 0.880. The van der Waals surface area contributed by atoms with Gasteiger partial charge >= 0.3 is 0 Å². The van der Waals surface area contributed by atoms with Gasteiger partial charge in [0.05, 0.1) is 12.1 Å². The van der Waals surface area contributed by atoms with Crippen LogP contribution in [0.2, 0.25) is 5.02 Å². The van der Waals surface area contributed by atoms with E-state index in [9.17, 15) is 14.0 Å². The Hall–Kier alpha value is -2.60. The summed E-state index contributed by atoms with van der Waals surface area (Å²) in [5.41, 5.74) is 6.59. The fourth-order valence-electron chi connectivity index (χ4n) is 2.86. The number of aryl methyl sites for hydroxylation is 1. The summed E-state index contributed by atoms with van der Waals surface area (Å²) in [4.78, 5) is 26.0. The molecule has 0 aliphatic carbocycles. The van der Waals surface area contributed by atoms with E-state index in [1.807, 2.05) is 29.2 Å². The summed E-state index contributed by atoms with van der Waals surface area (Å²) in [7, 11) is 0. The maximum Gasteiger partial charge on any atom is 0.272 e. The number of para-hydroxylation sites is 1. The molecule has 1 aliphatic rings. The van der Waals surface area contributed by atoms with Crippen molar-refractivity contribution in [3.63, 3.8) is 0 Å². The van der Waals surface area contributed by atoms with Gasteiger partial charge in [0.25, 0.3) is 11.8 Å². The zero-order valence-corrected chi connectivity index (χ0v) is 14.1. The van der Waals surface area contributed by atoms with Gasteiger partial charge in [-0.25, -0.2) is 4.39 Å². The molecular formula is C18H17ClFN3O2. The minimum atomic E-state index is -0.746. The molecule has 25 heavy (non-hydrogen) atoms. The Labute approximate surface area is 149 Å². The maximum atomic E-state index is 13.7. The van der Waals surface area contributed by atoms with Crippen LogP contribution in [0.15, 0.2) is 42.5 Å². The second-order valence-corrected chi connectivity index (χ2v) is 6.22. The van der Waals surface area contributed by atoms with Crippen molar-refractivity contribution in [2.75, 3.05) is 18.0 Å². The number of nitrogens with zero attached hydrogens (tertiary/aromatic N) is 1. The molecule has 0 saturated carbocycles. The van der Waals surface area contributed by atoms with E-state index in [2.05, 4.69) is 10.9 Å². The highest BCUT2D eigenvalue weighted by atomic mass is 35.5. The molecule has 0 saturated heterocycles. The third-order valence-corrected chi connectivity index (χ3v) is 4.27. The molecule has 2 N–H and O–H groups in total. The van der Waals surface area contributed by atoms with E-state index < -0.39 is 11.7 Å². The van der Waals surface area contributed by atoms with Crippen LogP contribution in [0.4, 0.5) is 10.1 Å². The van der Waals surface area contributed by atoms with Crippen molar-refractivity contribution in [3.8, 4) is 0 Å². The van der Waals surface area contributed by atoms with Crippen LogP contribution in [-0.4, -0.2) is 24.9 Å². The average molecular weight is 362 g/mol. The number of carbonyl (C=O) groups excluding carboxylic acids is 2. The van der Waals surface area contributed by atoms with Gasteiger partial charge in [0, 0.05) is 17.3 Å². The molecule has 0 spiro atoms. The van der Waals surface area contributed by atoms with Crippen molar-refractivity contribution in [2.45, 2.75) is 12.8 Å². The topological polar surface area (TPSA) is 61.4 Å². The molecule has 5 nitrogen and oxygen atoms in total. The Balaban J connectivity index is 1.58. The van der Waals surface area contributed by atoms with Crippen molar-refractivity contribution in [1.82, 2.24) is 10.9 Å². The molecule has 7 heteroatoms. The average Bonchev–Trinajstić information content (AvgIpc) is 2.60. The highest BCUT2D eigenvalue weighted by Gasteiger charge is 2.19. The zero-order chi connectivity index (χ0) is 17.8. The second-order valence-electron chi connectivity index (χ2n) is 5.78.